The minimum absolute atomic E-state index is 0.00973. The van der Waals surface area contributed by atoms with Gasteiger partial charge < -0.3 is 29.2 Å². The smallest absolute Gasteiger partial charge is 0.457 e. The summed E-state index contributed by atoms with van der Waals surface area (Å²) in [6.07, 6.45) is -3.77. The van der Waals surface area contributed by atoms with Gasteiger partial charge in [-0.15, -0.1) is 8.78 Å². The number of nitrogens with zero attached hydrogens (tertiary/aromatic N) is 2. The number of cyclic esters (lactones) is 1. The zero-order chi connectivity index (χ0) is 26.3. The maximum absolute atomic E-state index is 13.7. The molecule has 1 atom stereocenters. The van der Waals surface area contributed by atoms with Crippen LogP contribution < -0.4 is 20.8 Å². The van der Waals surface area contributed by atoms with Gasteiger partial charge in [-0.2, -0.15) is 0 Å². The van der Waals surface area contributed by atoms with Gasteiger partial charge in [0.2, 0.25) is 5.60 Å². The number of halogens is 3. The number of fused-ring (bicyclic) bond motifs is 6. The number of hydrogen-bond acceptors (Lipinski definition) is 9. The molecule has 192 valence electrons. The predicted octanol–water partition coefficient (Wildman–Crippen LogP) is 2.81. The number of ether oxygens (including phenoxy) is 4. The van der Waals surface area contributed by atoms with E-state index < -0.39 is 35.9 Å². The number of esters is 2. The number of carbonyl (C=O) groups is 2. The Balaban J connectivity index is 1.59. The molecule has 3 aliphatic heterocycles. The second-order valence-electron chi connectivity index (χ2n) is 8.78. The molecule has 1 unspecified atom stereocenters. The number of aromatic nitrogens is 2. The van der Waals surface area contributed by atoms with Crippen LogP contribution in [-0.4, -0.2) is 34.3 Å². The maximum Gasteiger partial charge on any atom is 0.586 e. The fourth-order valence-corrected chi connectivity index (χ4v) is 5.79. The van der Waals surface area contributed by atoms with Crippen LogP contribution in [0.1, 0.15) is 35.6 Å². The van der Waals surface area contributed by atoms with Crippen LogP contribution in [0.25, 0.3) is 22.3 Å². The Labute approximate surface area is 215 Å². The van der Waals surface area contributed by atoms with Gasteiger partial charge in [0, 0.05) is 27.9 Å². The van der Waals surface area contributed by atoms with Gasteiger partial charge in [0.1, 0.15) is 6.61 Å². The molecule has 0 saturated heterocycles. The summed E-state index contributed by atoms with van der Waals surface area (Å²) < 4.78 is 48.8. The van der Waals surface area contributed by atoms with E-state index in [1.165, 1.54) is 16.7 Å². The summed E-state index contributed by atoms with van der Waals surface area (Å²) in [4.78, 5) is 43.3. The van der Waals surface area contributed by atoms with Crippen molar-refractivity contribution in [2.75, 3.05) is 6.54 Å². The van der Waals surface area contributed by atoms with Crippen LogP contribution in [0, 0.1) is 0 Å². The molecule has 1 aromatic carbocycles. The zero-order valence-corrected chi connectivity index (χ0v) is 20.8. The monoisotopic (exact) mass is 577 g/mol. The van der Waals surface area contributed by atoms with E-state index in [4.69, 9.17) is 15.2 Å². The minimum Gasteiger partial charge on any atom is -0.457 e. The topological polar surface area (TPSA) is 132 Å². The number of alkyl halides is 3. The first kappa shape index (κ1) is 23.8. The molecule has 2 aromatic heterocycles. The van der Waals surface area contributed by atoms with Crippen molar-refractivity contribution in [1.29, 1.82) is 0 Å². The Morgan fingerprint density at radius 3 is 2.62 bits per heavy atom. The van der Waals surface area contributed by atoms with Gasteiger partial charge in [-0.05, 0) is 24.1 Å². The third-order valence-corrected chi connectivity index (χ3v) is 7.45. The summed E-state index contributed by atoms with van der Waals surface area (Å²) in [6, 6.07) is 4.40. The molecule has 0 fully saturated rings. The number of pyridine rings is 2. The van der Waals surface area contributed by atoms with Gasteiger partial charge in [-0.3, -0.25) is 9.59 Å². The van der Waals surface area contributed by atoms with E-state index in [1.807, 2.05) is 0 Å². The highest BCUT2D eigenvalue weighted by Gasteiger charge is 2.50. The van der Waals surface area contributed by atoms with Crippen LogP contribution in [0.4, 0.5) is 8.78 Å². The molecule has 6 rings (SSSR count). The first-order chi connectivity index (χ1) is 17.6. The van der Waals surface area contributed by atoms with Crippen LogP contribution in [-0.2, 0) is 43.1 Å². The molecule has 0 bridgehead atoms. The molecule has 2 N–H and O–H groups in total. The molecule has 13 heteroatoms. The van der Waals surface area contributed by atoms with Crippen LogP contribution in [0.15, 0.2) is 23.0 Å². The quantitative estimate of drug-likeness (QED) is 0.287. The summed E-state index contributed by atoms with van der Waals surface area (Å²) >= 11 is 3.47. The van der Waals surface area contributed by atoms with E-state index >= 15 is 0 Å². The molecule has 3 aromatic rings. The standard InChI is InChI=1S/C24H18BrF2N3O7/c1-2-23(37-19(31)7-28)14-4-16-20-12(8-30(16)21(32)13(14)9-34-22(23)33)11(6-25)10-3-17-18(5-15(10)29-20)36-24(26,27)35-17/h3-5H,2,6-9,28H2,1H3. The molecule has 0 aliphatic carbocycles. The summed E-state index contributed by atoms with van der Waals surface area (Å²) in [5.41, 5.74) is 6.16. The largest absolute Gasteiger partial charge is 0.586 e. The second kappa shape index (κ2) is 7.96. The van der Waals surface area contributed by atoms with E-state index in [9.17, 15) is 23.2 Å². The summed E-state index contributed by atoms with van der Waals surface area (Å²) in [7, 11) is 0. The molecule has 0 amide bonds. The van der Waals surface area contributed by atoms with Gasteiger partial charge in [0.15, 0.2) is 11.5 Å². The highest BCUT2D eigenvalue weighted by atomic mass is 79.9. The Bertz CT molecular complexity index is 1610. The van der Waals surface area contributed by atoms with Crippen molar-refractivity contribution < 1.29 is 37.3 Å². The lowest BCUT2D eigenvalue weighted by atomic mass is 9.85. The van der Waals surface area contributed by atoms with Gasteiger partial charge in [0.05, 0.1) is 35.6 Å². The summed E-state index contributed by atoms with van der Waals surface area (Å²) in [5, 5.41) is 0.890. The number of hydrogen-bond donors (Lipinski definition) is 1. The Morgan fingerprint density at radius 1 is 1.22 bits per heavy atom. The predicted molar refractivity (Wildman–Crippen MR) is 126 cm³/mol. The normalized spacial score (nSPS) is 20.3. The Kier molecular flexibility index (Phi) is 5.12. The molecule has 0 radical (unpaired) electrons. The Morgan fingerprint density at radius 2 is 1.95 bits per heavy atom. The molecule has 10 nitrogen and oxygen atoms in total. The fraction of sp³-hybridized carbons (Fsp3) is 0.333. The molecule has 5 heterocycles. The second-order valence-corrected chi connectivity index (χ2v) is 9.34. The maximum atomic E-state index is 13.7. The molecular formula is C24H18BrF2N3O7. The minimum atomic E-state index is -3.78. The van der Waals surface area contributed by atoms with Crippen molar-refractivity contribution in [1.82, 2.24) is 9.55 Å². The van der Waals surface area contributed by atoms with Gasteiger partial charge in [-0.1, -0.05) is 22.9 Å². The van der Waals surface area contributed by atoms with Crippen molar-refractivity contribution in [3.63, 3.8) is 0 Å². The van der Waals surface area contributed by atoms with Gasteiger partial charge in [-0.25, -0.2) is 9.78 Å². The lowest BCUT2D eigenvalue weighted by molar-refractivity contribution is -0.286. The molecule has 0 saturated carbocycles. The first-order valence-electron chi connectivity index (χ1n) is 11.3. The van der Waals surface area contributed by atoms with E-state index in [0.29, 0.717) is 33.2 Å². The fourth-order valence-electron chi connectivity index (χ4n) is 5.15. The van der Waals surface area contributed by atoms with Crippen LogP contribution in [0.2, 0.25) is 0 Å². The van der Waals surface area contributed by atoms with E-state index in [1.54, 1.807) is 13.0 Å². The van der Waals surface area contributed by atoms with Crippen LogP contribution in [0.3, 0.4) is 0 Å². The Hall–Kier alpha value is -3.58. The third-order valence-electron chi connectivity index (χ3n) is 6.88. The molecule has 0 spiro atoms. The molecular weight excluding hydrogens is 560 g/mol. The van der Waals surface area contributed by atoms with E-state index in [2.05, 4.69) is 30.4 Å². The summed E-state index contributed by atoms with van der Waals surface area (Å²) in [6.45, 7) is 1.04. The lowest BCUT2D eigenvalue weighted by Gasteiger charge is -2.35. The van der Waals surface area contributed by atoms with Crippen LogP contribution >= 0.6 is 15.9 Å². The highest BCUT2D eigenvalue weighted by Crippen LogP contribution is 2.46. The molecule has 37 heavy (non-hydrogen) atoms. The highest BCUT2D eigenvalue weighted by molar-refractivity contribution is 9.08. The van der Waals surface area contributed by atoms with E-state index in [-0.39, 0.29) is 42.2 Å². The van der Waals surface area contributed by atoms with E-state index in [0.717, 1.165) is 5.56 Å². The van der Waals surface area contributed by atoms with Crippen molar-refractivity contribution >= 4 is 38.8 Å². The third kappa shape index (κ3) is 3.29. The lowest BCUT2D eigenvalue weighted by Crippen LogP contribution is -2.48. The van der Waals surface area contributed by atoms with Crippen LogP contribution in [0.5, 0.6) is 11.5 Å². The zero-order valence-electron chi connectivity index (χ0n) is 19.2. The number of carbonyl (C=O) groups excluding carboxylic acids is 2. The van der Waals surface area contributed by atoms with Gasteiger partial charge in [0.25, 0.3) is 5.56 Å². The number of benzene rings is 1. The van der Waals surface area contributed by atoms with Crippen molar-refractivity contribution in [3.05, 3.63) is 50.8 Å². The van der Waals surface area contributed by atoms with Crippen molar-refractivity contribution in [3.8, 4) is 22.9 Å². The molecule has 3 aliphatic rings. The average molecular weight is 578 g/mol. The first-order valence-corrected chi connectivity index (χ1v) is 12.4. The average Bonchev–Trinajstić information content (AvgIpc) is 3.38. The number of nitrogens with two attached hydrogens (primary N) is 1. The van der Waals surface area contributed by atoms with Gasteiger partial charge >= 0.3 is 18.2 Å². The van der Waals surface area contributed by atoms with Crippen molar-refractivity contribution in [2.45, 2.75) is 43.7 Å². The number of rotatable bonds is 4. The SMILES string of the molecule is CCC1(OC(=O)CN)C(=O)OCc2c1cc1n(c2=O)Cc2c-1nc1cc3c(cc1c2CBr)OC(F)(F)O3. The summed E-state index contributed by atoms with van der Waals surface area (Å²) in [5.74, 6) is -1.90. The van der Waals surface area contributed by atoms with Crippen molar-refractivity contribution in [2.24, 2.45) is 5.73 Å².